The number of hydrogen-bond donors (Lipinski definition) is 3. The normalized spacial score (nSPS) is 21.6. The zero-order valence-electron chi connectivity index (χ0n) is 20.3. The second-order valence-corrected chi connectivity index (χ2v) is 9.13. The van der Waals surface area contributed by atoms with E-state index in [0.717, 1.165) is 19.5 Å². The highest BCUT2D eigenvalue weighted by Crippen LogP contribution is 2.31. The van der Waals surface area contributed by atoms with E-state index in [1.54, 1.807) is 26.0 Å². The number of carbonyl (C=O) groups excluding carboxylic acids is 2. The van der Waals surface area contributed by atoms with Crippen LogP contribution in [0.5, 0.6) is 0 Å². The van der Waals surface area contributed by atoms with E-state index in [4.69, 9.17) is 0 Å². The van der Waals surface area contributed by atoms with Crippen molar-refractivity contribution in [2.75, 3.05) is 40.8 Å². The number of likely N-dealkylation sites (N-methyl/N-ethyl adjacent to an activating group) is 1. The second-order valence-electron chi connectivity index (χ2n) is 9.13. The fourth-order valence-electron chi connectivity index (χ4n) is 4.33. The molecule has 2 amide bonds. The van der Waals surface area contributed by atoms with Crippen LogP contribution < -0.4 is 10.6 Å². The Kier molecular flexibility index (Phi) is 8.95. The third-order valence-electron chi connectivity index (χ3n) is 6.34. The molecule has 1 heterocycles. The standard InChI is InChI=1S/C25H36N6O3/c1-26-22(13-23(27-2)29-20-11-19(12-20)25(34)30(3)4)24(33)28-14-21(32)16-31-10-9-17-7-5-6-8-18(17)15-31/h5-8,13,19-21,26,32H,2,9-12,14-16H2,1,3-4H3,(H,28,33)/t19?,20?,21-/m0/s1. The molecular weight excluding hydrogens is 432 g/mol. The molecule has 0 spiro atoms. The maximum absolute atomic E-state index is 12.6. The third kappa shape index (κ3) is 6.74. The Labute approximate surface area is 201 Å². The third-order valence-corrected chi connectivity index (χ3v) is 6.34. The molecule has 1 aliphatic heterocycles. The van der Waals surface area contributed by atoms with Crippen LogP contribution >= 0.6 is 0 Å². The summed E-state index contributed by atoms with van der Waals surface area (Å²) in [7, 11) is 5.14. The van der Waals surface area contributed by atoms with Crippen molar-refractivity contribution < 1.29 is 14.7 Å². The summed E-state index contributed by atoms with van der Waals surface area (Å²) in [6.07, 6.45) is 3.15. The summed E-state index contributed by atoms with van der Waals surface area (Å²) in [6, 6.07) is 8.35. The van der Waals surface area contributed by atoms with E-state index in [1.165, 1.54) is 17.2 Å². The van der Waals surface area contributed by atoms with Crippen molar-refractivity contribution in [1.82, 2.24) is 20.4 Å². The van der Waals surface area contributed by atoms with E-state index in [-0.39, 0.29) is 36.0 Å². The Balaban J connectivity index is 1.48. The van der Waals surface area contributed by atoms with Gasteiger partial charge in [0.15, 0.2) is 0 Å². The highest BCUT2D eigenvalue weighted by molar-refractivity contribution is 6.04. The lowest BCUT2D eigenvalue weighted by Gasteiger charge is -2.33. The largest absolute Gasteiger partial charge is 0.390 e. The maximum Gasteiger partial charge on any atom is 0.267 e. The molecule has 1 aliphatic carbocycles. The van der Waals surface area contributed by atoms with Crippen molar-refractivity contribution in [2.24, 2.45) is 15.9 Å². The molecule has 1 atom stereocenters. The van der Waals surface area contributed by atoms with Gasteiger partial charge in [0, 0.05) is 59.3 Å². The van der Waals surface area contributed by atoms with Gasteiger partial charge in [-0.3, -0.25) is 19.5 Å². The van der Waals surface area contributed by atoms with Gasteiger partial charge in [-0.15, -0.1) is 0 Å². The zero-order chi connectivity index (χ0) is 24.7. The van der Waals surface area contributed by atoms with Crippen LogP contribution in [0.15, 0.2) is 46.0 Å². The van der Waals surface area contributed by atoms with Gasteiger partial charge in [-0.2, -0.15) is 0 Å². The van der Waals surface area contributed by atoms with Crippen LogP contribution in [0.3, 0.4) is 0 Å². The first kappa shape index (κ1) is 25.6. The number of amidine groups is 1. The monoisotopic (exact) mass is 468 g/mol. The van der Waals surface area contributed by atoms with E-state index in [1.807, 2.05) is 6.07 Å². The molecular formula is C25H36N6O3. The van der Waals surface area contributed by atoms with Gasteiger partial charge < -0.3 is 20.6 Å². The van der Waals surface area contributed by atoms with E-state index in [9.17, 15) is 14.7 Å². The number of aliphatic hydroxyl groups excluding tert-OH is 1. The van der Waals surface area contributed by atoms with Gasteiger partial charge in [0.1, 0.15) is 11.5 Å². The molecule has 1 saturated carbocycles. The number of nitrogens with zero attached hydrogens (tertiary/aromatic N) is 4. The zero-order valence-corrected chi connectivity index (χ0v) is 20.3. The average Bonchev–Trinajstić information content (AvgIpc) is 2.81. The minimum Gasteiger partial charge on any atom is -0.390 e. The lowest BCUT2D eigenvalue weighted by atomic mass is 9.80. The number of aliphatic imine (C=N–C) groups is 2. The quantitative estimate of drug-likeness (QED) is 0.279. The van der Waals surface area contributed by atoms with Gasteiger partial charge in [0.2, 0.25) is 5.91 Å². The number of carbonyl (C=O) groups is 2. The Hall–Kier alpha value is -3.04. The lowest BCUT2D eigenvalue weighted by molar-refractivity contribution is -0.136. The molecule has 184 valence electrons. The van der Waals surface area contributed by atoms with Crippen molar-refractivity contribution >= 4 is 24.4 Å². The summed E-state index contributed by atoms with van der Waals surface area (Å²) in [4.78, 5) is 36.9. The molecule has 1 aromatic carbocycles. The molecule has 0 bridgehead atoms. The van der Waals surface area contributed by atoms with E-state index in [2.05, 4.69) is 50.4 Å². The van der Waals surface area contributed by atoms with Crippen molar-refractivity contribution in [1.29, 1.82) is 0 Å². The summed E-state index contributed by atoms with van der Waals surface area (Å²) < 4.78 is 0. The number of hydrogen-bond acceptors (Lipinski definition) is 6. The Morgan fingerprint density at radius 3 is 2.65 bits per heavy atom. The van der Waals surface area contributed by atoms with Crippen LogP contribution in [-0.2, 0) is 22.6 Å². The van der Waals surface area contributed by atoms with Gasteiger partial charge in [0.25, 0.3) is 5.91 Å². The molecule has 0 radical (unpaired) electrons. The number of rotatable bonds is 9. The fourth-order valence-corrected chi connectivity index (χ4v) is 4.33. The molecule has 1 aromatic rings. The molecule has 3 rings (SSSR count). The summed E-state index contributed by atoms with van der Waals surface area (Å²) in [5.41, 5.74) is 2.93. The first-order valence-corrected chi connectivity index (χ1v) is 11.7. The Bertz CT molecular complexity index is 952. The predicted octanol–water partition coefficient (Wildman–Crippen LogP) is 0.591. The van der Waals surface area contributed by atoms with Crippen LogP contribution in [0.4, 0.5) is 0 Å². The highest BCUT2D eigenvalue weighted by Gasteiger charge is 2.35. The van der Waals surface area contributed by atoms with E-state index in [0.29, 0.717) is 25.2 Å². The van der Waals surface area contributed by atoms with Crippen molar-refractivity contribution in [3.8, 4) is 0 Å². The number of nitrogens with one attached hydrogen (secondary N) is 2. The summed E-state index contributed by atoms with van der Waals surface area (Å²) in [5, 5.41) is 16.1. The van der Waals surface area contributed by atoms with Crippen LogP contribution in [-0.4, -0.2) is 92.2 Å². The minimum absolute atomic E-state index is 0.0108. The summed E-state index contributed by atoms with van der Waals surface area (Å²) in [6.45, 7) is 5.87. The van der Waals surface area contributed by atoms with Crippen LogP contribution in [0.2, 0.25) is 0 Å². The van der Waals surface area contributed by atoms with E-state index >= 15 is 0 Å². The van der Waals surface area contributed by atoms with Crippen molar-refractivity contribution in [3.63, 3.8) is 0 Å². The second kappa shape index (κ2) is 11.9. The van der Waals surface area contributed by atoms with Gasteiger partial charge in [-0.25, -0.2) is 4.99 Å². The Morgan fingerprint density at radius 1 is 1.29 bits per heavy atom. The molecule has 34 heavy (non-hydrogen) atoms. The molecule has 1 fully saturated rings. The number of benzene rings is 1. The van der Waals surface area contributed by atoms with Gasteiger partial charge in [0.05, 0.1) is 12.1 Å². The van der Waals surface area contributed by atoms with Crippen molar-refractivity contribution in [3.05, 3.63) is 47.2 Å². The fraction of sp³-hybridized carbons (Fsp3) is 0.520. The SMILES string of the molecule is C=NC(C=C(NC)C(=O)NC[C@H](O)CN1CCc2ccccc2C1)=NC1CC(C(=O)N(C)C)C1. The summed E-state index contributed by atoms with van der Waals surface area (Å²) >= 11 is 0. The molecule has 3 N–H and O–H groups in total. The first-order chi connectivity index (χ1) is 16.3. The maximum atomic E-state index is 12.6. The first-order valence-electron chi connectivity index (χ1n) is 11.7. The van der Waals surface area contributed by atoms with Gasteiger partial charge >= 0.3 is 0 Å². The van der Waals surface area contributed by atoms with Crippen LogP contribution in [0, 0.1) is 5.92 Å². The molecule has 0 saturated heterocycles. The highest BCUT2D eigenvalue weighted by atomic mass is 16.3. The van der Waals surface area contributed by atoms with Gasteiger partial charge in [-0.1, -0.05) is 24.3 Å². The van der Waals surface area contributed by atoms with Gasteiger partial charge in [-0.05, 0) is 37.1 Å². The number of amides is 2. The molecule has 9 nitrogen and oxygen atoms in total. The topological polar surface area (TPSA) is 110 Å². The number of fused-ring (bicyclic) bond motifs is 1. The molecule has 9 heteroatoms. The van der Waals surface area contributed by atoms with Crippen LogP contribution in [0.25, 0.3) is 0 Å². The smallest absolute Gasteiger partial charge is 0.267 e. The van der Waals surface area contributed by atoms with Crippen molar-refractivity contribution in [2.45, 2.75) is 38.0 Å². The molecule has 0 aromatic heterocycles. The number of aliphatic hydroxyl groups is 1. The lowest BCUT2D eigenvalue weighted by Crippen LogP contribution is -2.43. The Morgan fingerprint density at radius 2 is 2.00 bits per heavy atom. The average molecular weight is 469 g/mol. The molecule has 2 aliphatic rings. The minimum atomic E-state index is -0.681. The molecule has 0 unspecified atom stereocenters. The van der Waals surface area contributed by atoms with E-state index < -0.39 is 6.10 Å². The predicted molar refractivity (Wildman–Crippen MR) is 134 cm³/mol. The number of β-amino-alcohol motifs (C(OH)–C–C–N with tert-alkyl or cyclic N) is 1. The summed E-state index contributed by atoms with van der Waals surface area (Å²) in [5.74, 6) is 0.0856. The van der Waals surface area contributed by atoms with Crippen LogP contribution in [0.1, 0.15) is 24.0 Å².